The maximum atomic E-state index is 12.5. The van der Waals surface area contributed by atoms with Crippen LogP contribution >= 0.6 is 22.6 Å². The lowest BCUT2D eigenvalue weighted by Gasteiger charge is -2.10. The number of aliphatic hydroxyl groups excluding tert-OH is 1. The first-order valence-corrected chi connectivity index (χ1v) is 4.80. The topological polar surface area (TPSA) is 42.4 Å². The number of aromatic nitrogens is 1. The molecule has 1 aromatic heterocycles. The molecule has 0 bridgehead atoms. The Morgan fingerprint density at radius 1 is 1.64 bits per heavy atom. The molecule has 1 heterocycles. The molecule has 6 heteroatoms. The van der Waals surface area contributed by atoms with Gasteiger partial charge in [0.15, 0.2) is 5.75 Å². The Bertz CT molecular complexity index is 333. The van der Waals surface area contributed by atoms with Gasteiger partial charge in [-0.05, 0) is 28.7 Å². The second-order valence-corrected chi connectivity index (χ2v) is 3.63. The molecule has 0 atom stereocenters. The first-order chi connectivity index (χ1) is 6.60. The first kappa shape index (κ1) is 11.6. The number of halogens is 3. The summed E-state index contributed by atoms with van der Waals surface area (Å²) < 4.78 is 30.3. The van der Waals surface area contributed by atoms with Crippen LogP contribution in [0.25, 0.3) is 0 Å². The van der Waals surface area contributed by atoms with Gasteiger partial charge in [0.05, 0.1) is 23.0 Å². The summed E-state index contributed by atoms with van der Waals surface area (Å²) in [6.45, 7) is -0.361. The van der Waals surface area contributed by atoms with E-state index in [0.717, 1.165) is 0 Å². The van der Waals surface area contributed by atoms with Gasteiger partial charge in [-0.25, -0.2) is 13.8 Å². The van der Waals surface area contributed by atoms with Crippen molar-refractivity contribution in [1.82, 2.24) is 4.98 Å². The number of aliphatic hydroxyl groups is 1. The number of hydrogen-bond donors (Lipinski definition) is 1. The number of rotatable bonds is 3. The van der Waals surface area contributed by atoms with Gasteiger partial charge >= 0.3 is 0 Å². The van der Waals surface area contributed by atoms with Crippen molar-refractivity contribution in [2.75, 3.05) is 7.11 Å². The molecule has 78 valence electrons. The summed E-state index contributed by atoms with van der Waals surface area (Å²) in [6, 6.07) is 1.51. The van der Waals surface area contributed by atoms with Crippen molar-refractivity contribution >= 4 is 22.6 Å². The van der Waals surface area contributed by atoms with Crippen LogP contribution in [-0.2, 0) is 6.61 Å². The van der Waals surface area contributed by atoms with Gasteiger partial charge in [-0.2, -0.15) is 0 Å². The van der Waals surface area contributed by atoms with Gasteiger partial charge in [-0.15, -0.1) is 0 Å². The van der Waals surface area contributed by atoms with Gasteiger partial charge in [0.2, 0.25) is 0 Å². The van der Waals surface area contributed by atoms with Crippen molar-refractivity contribution in [1.29, 1.82) is 0 Å². The fraction of sp³-hybridized carbons (Fsp3) is 0.375. The average Bonchev–Trinajstić information content (AvgIpc) is 2.16. The predicted molar refractivity (Wildman–Crippen MR) is 54.4 cm³/mol. The highest BCUT2D eigenvalue weighted by Crippen LogP contribution is 2.31. The minimum absolute atomic E-state index is 0.0674. The van der Waals surface area contributed by atoms with E-state index in [1.165, 1.54) is 13.2 Å². The molecule has 3 nitrogen and oxygen atoms in total. The van der Waals surface area contributed by atoms with Crippen molar-refractivity contribution < 1.29 is 18.6 Å². The van der Waals surface area contributed by atoms with Crippen LogP contribution in [0.5, 0.6) is 5.75 Å². The Morgan fingerprint density at radius 2 is 2.29 bits per heavy atom. The lowest BCUT2D eigenvalue weighted by atomic mass is 10.3. The molecule has 0 aliphatic carbocycles. The lowest BCUT2D eigenvalue weighted by Crippen LogP contribution is -2.02. The summed E-state index contributed by atoms with van der Waals surface area (Å²) in [4.78, 5) is 3.59. The molecule has 0 spiro atoms. The molecule has 14 heavy (non-hydrogen) atoms. The van der Waals surface area contributed by atoms with Crippen molar-refractivity contribution in [3.05, 3.63) is 21.0 Å². The highest BCUT2D eigenvalue weighted by molar-refractivity contribution is 14.1. The minimum Gasteiger partial charge on any atom is -0.493 e. The minimum atomic E-state index is -2.70. The zero-order valence-electron chi connectivity index (χ0n) is 7.30. The van der Waals surface area contributed by atoms with Crippen molar-refractivity contribution in [3.8, 4) is 5.75 Å². The molecule has 0 saturated carbocycles. The third-order valence-electron chi connectivity index (χ3n) is 1.58. The van der Waals surface area contributed by atoms with E-state index < -0.39 is 12.1 Å². The van der Waals surface area contributed by atoms with E-state index >= 15 is 0 Å². The van der Waals surface area contributed by atoms with E-state index in [1.807, 2.05) is 22.6 Å². The maximum Gasteiger partial charge on any atom is 0.284 e. The van der Waals surface area contributed by atoms with Crippen LogP contribution in [0.4, 0.5) is 8.78 Å². The fourth-order valence-corrected chi connectivity index (χ4v) is 1.86. The Hall–Kier alpha value is -0.500. The Morgan fingerprint density at radius 3 is 2.71 bits per heavy atom. The fourth-order valence-electron chi connectivity index (χ4n) is 1.00. The van der Waals surface area contributed by atoms with Crippen molar-refractivity contribution in [2.24, 2.45) is 0 Å². The lowest BCUT2D eigenvalue weighted by molar-refractivity contribution is 0.140. The van der Waals surface area contributed by atoms with Crippen molar-refractivity contribution in [2.45, 2.75) is 13.0 Å². The van der Waals surface area contributed by atoms with Crippen LogP contribution in [0, 0.1) is 3.57 Å². The van der Waals surface area contributed by atoms with E-state index in [0.29, 0.717) is 3.57 Å². The SMILES string of the molecule is COc1c(I)cc(CO)nc1C(F)F. The monoisotopic (exact) mass is 315 g/mol. The van der Waals surface area contributed by atoms with Gasteiger partial charge in [0, 0.05) is 0 Å². The van der Waals surface area contributed by atoms with E-state index in [-0.39, 0.29) is 18.1 Å². The average molecular weight is 315 g/mol. The molecule has 1 N–H and O–H groups in total. The zero-order chi connectivity index (χ0) is 10.7. The summed E-state index contributed by atoms with van der Waals surface area (Å²) >= 11 is 1.86. The van der Waals surface area contributed by atoms with Gasteiger partial charge in [-0.3, -0.25) is 0 Å². The molecule has 0 saturated heterocycles. The molecular weight excluding hydrogens is 307 g/mol. The summed E-state index contributed by atoms with van der Waals surface area (Å²) in [5, 5.41) is 8.78. The van der Waals surface area contributed by atoms with Crippen molar-refractivity contribution in [3.63, 3.8) is 0 Å². The third kappa shape index (κ3) is 2.30. The van der Waals surface area contributed by atoms with E-state index in [2.05, 4.69) is 4.98 Å². The maximum absolute atomic E-state index is 12.5. The van der Waals surface area contributed by atoms with Crippen LogP contribution in [0.15, 0.2) is 6.07 Å². The van der Waals surface area contributed by atoms with Crippen LogP contribution in [0.2, 0.25) is 0 Å². The number of methoxy groups -OCH3 is 1. The van der Waals surface area contributed by atoms with E-state index in [1.54, 1.807) is 0 Å². The summed E-state index contributed by atoms with van der Waals surface area (Å²) in [7, 11) is 1.31. The molecule has 0 fully saturated rings. The van der Waals surface area contributed by atoms with Crippen LogP contribution in [0.3, 0.4) is 0 Å². The highest BCUT2D eigenvalue weighted by atomic mass is 127. The van der Waals surface area contributed by atoms with Gasteiger partial charge in [0.25, 0.3) is 6.43 Å². The number of nitrogens with zero attached hydrogens (tertiary/aromatic N) is 1. The number of pyridine rings is 1. The van der Waals surface area contributed by atoms with E-state index in [9.17, 15) is 8.78 Å². The molecule has 0 aromatic carbocycles. The molecular formula is C8H8F2INO2. The first-order valence-electron chi connectivity index (χ1n) is 3.72. The van der Waals surface area contributed by atoms with Crippen LogP contribution in [-0.4, -0.2) is 17.2 Å². The van der Waals surface area contributed by atoms with Gasteiger partial charge in [-0.1, -0.05) is 0 Å². The number of hydrogen-bond acceptors (Lipinski definition) is 3. The molecule has 1 aromatic rings. The van der Waals surface area contributed by atoms with Crippen LogP contribution in [0.1, 0.15) is 17.8 Å². The largest absolute Gasteiger partial charge is 0.493 e. The summed E-state index contributed by atoms with van der Waals surface area (Å²) in [5.41, 5.74) is -0.214. The molecule has 0 aliphatic heterocycles. The summed E-state index contributed by atoms with van der Waals surface area (Å²) in [5.74, 6) is 0.0674. The zero-order valence-corrected chi connectivity index (χ0v) is 9.46. The smallest absolute Gasteiger partial charge is 0.284 e. The molecule has 1 rings (SSSR count). The Labute approximate surface area is 93.2 Å². The highest BCUT2D eigenvalue weighted by Gasteiger charge is 2.19. The normalized spacial score (nSPS) is 10.7. The quantitative estimate of drug-likeness (QED) is 0.869. The Kier molecular flexibility index (Phi) is 3.99. The predicted octanol–water partition coefficient (Wildman–Crippen LogP) is 2.12. The Balaban J connectivity index is 3.28. The number of alkyl halides is 2. The summed E-state index contributed by atoms with van der Waals surface area (Å²) in [6.07, 6.45) is -2.70. The second-order valence-electron chi connectivity index (χ2n) is 2.47. The van der Waals surface area contributed by atoms with E-state index in [4.69, 9.17) is 9.84 Å². The molecule has 0 amide bonds. The second kappa shape index (κ2) is 4.83. The van der Waals surface area contributed by atoms with Gasteiger partial charge in [0.1, 0.15) is 5.69 Å². The van der Waals surface area contributed by atoms with Crippen LogP contribution < -0.4 is 4.74 Å². The third-order valence-corrected chi connectivity index (χ3v) is 2.38. The molecule has 0 unspecified atom stereocenters. The molecule has 0 radical (unpaired) electrons. The number of ether oxygens (including phenoxy) is 1. The van der Waals surface area contributed by atoms with Gasteiger partial charge < -0.3 is 9.84 Å². The molecule has 0 aliphatic rings. The standard InChI is InChI=1S/C8H8F2INO2/c1-14-7-5(11)2-4(3-13)12-6(7)8(9)10/h2,8,13H,3H2,1H3.